The van der Waals surface area contributed by atoms with Crippen LogP contribution in [0.1, 0.15) is 72.6 Å². The van der Waals surface area contributed by atoms with Crippen LogP contribution in [0.3, 0.4) is 0 Å². The molecule has 0 fully saturated rings. The van der Waals surface area contributed by atoms with Gasteiger partial charge < -0.3 is 4.48 Å². The van der Waals surface area contributed by atoms with Crippen molar-refractivity contribution in [1.82, 2.24) is 0 Å². The Morgan fingerprint density at radius 1 is 0.562 bits per heavy atom. The van der Waals surface area contributed by atoms with Crippen molar-refractivity contribution in [1.29, 1.82) is 0 Å². The lowest BCUT2D eigenvalue weighted by Gasteiger charge is -2.37. The standard InChI is InChI=1S/C15H34N/c1-5-9-11-13-15-16(7-3,8-4)14-12-10-6-2/h5-15H2,1-4H3/q+1. The third kappa shape index (κ3) is 6.52. The predicted molar refractivity (Wildman–Crippen MR) is 74.7 cm³/mol. The van der Waals surface area contributed by atoms with E-state index in [4.69, 9.17) is 0 Å². The molecule has 0 spiro atoms. The van der Waals surface area contributed by atoms with E-state index in [1.807, 2.05) is 0 Å². The molecule has 0 atom stereocenters. The van der Waals surface area contributed by atoms with Crippen molar-refractivity contribution in [2.75, 3.05) is 26.2 Å². The van der Waals surface area contributed by atoms with Crippen molar-refractivity contribution in [3.8, 4) is 0 Å². The van der Waals surface area contributed by atoms with Crippen LogP contribution in [0.25, 0.3) is 0 Å². The SMILES string of the molecule is CCCCCC[N+](CC)(CC)CCCCC. The van der Waals surface area contributed by atoms with Gasteiger partial charge in [-0.25, -0.2) is 0 Å². The number of nitrogens with zero attached hydrogens (tertiary/aromatic N) is 1. The molecule has 0 aromatic heterocycles. The first kappa shape index (κ1) is 16.0. The second-order valence-electron chi connectivity index (χ2n) is 5.19. The van der Waals surface area contributed by atoms with Crippen molar-refractivity contribution >= 4 is 0 Å². The molecule has 0 aliphatic heterocycles. The summed E-state index contributed by atoms with van der Waals surface area (Å²) in [7, 11) is 0. The molecule has 0 aliphatic carbocycles. The molecular formula is C15H34N+. The van der Waals surface area contributed by atoms with E-state index in [1.165, 1.54) is 75.6 Å². The minimum Gasteiger partial charge on any atom is -0.324 e. The maximum atomic E-state index is 2.37. The number of hydrogen-bond acceptors (Lipinski definition) is 0. The maximum Gasteiger partial charge on any atom is 0.0786 e. The van der Waals surface area contributed by atoms with Gasteiger partial charge >= 0.3 is 0 Å². The minimum atomic E-state index is 1.33. The molecular weight excluding hydrogens is 194 g/mol. The van der Waals surface area contributed by atoms with Crippen molar-refractivity contribution in [2.45, 2.75) is 72.6 Å². The van der Waals surface area contributed by atoms with Crippen molar-refractivity contribution < 1.29 is 4.48 Å². The molecule has 0 aliphatic rings. The van der Waals surface area contributed by atoms with Crippen LogP contribution in [0.4, 0.5) is 0 Å². The quantitative estimate of drug-likeness (QED) is 0.358. The number of unbranched alkanes of at least 4 members (excludes halogenated alkanes) is 5. The van der Waals surface area contributed by atoms with Crippen LogP contribution in [0.15, 0.2) is 0 Å². The first-order valence-corrected chi connectivity index (χ1v) is 7.59. The Morgan fingerprint density at radius 2 is 1.00 bits per heavy atom. The molecule has 0 saturated carbocycles. The zero-order valence-electron chi connectivity index (χ0n) is 12.2. The van der Waals surface area contributed by atoms with Crippen LogP contribution < -0.4 is 0 Å². The van der Waals surface area contributed by atoms with Gasteiger partial charge in [0.15, 0.2) is 0 Å². The molecule has 0 heterocycles. The predicted octanol–water partition coefficient (Wildman–Crippen LogP) is 4.61. The summed E-state index contributed by atoms with van der Waals surface area (Å²) in [6, 6.07) is 0. The van der Waals surface area contributed by atoms with Crippen LogP contribution in [0, 0.1) is 0 Å². The zero-order valence-corrected chi connectivity index (χ0v) is 12.2. The summed E-state index contributed by atoms with van der Waals surface area (Å²) >= 11 is 0. The fourth-order valence-electron chi connectivity index (χ4n) is 2.54. The summed E-state index contributed by atoms with van der Waals surface area (Å²) in [5.74, 6) is 0. The van der Waals surface area contributed by atoms with Crippen LogP contribution in [-0.2, 0) is 0 Å². The van der Waals surface area contributed by atoms with E-state index in [1.54, 1.807) is 0 Å². The van der Waals surface area contributed by atoms with Gasteiger partial charge in [-0.15, -0.1) is 0 Å². The third-order valence-corrected chi connectivity index (χ3v) is 4.06. The average Bonchev–Trinajstić information content (AvgIpc) is 2.33. The van der Waals surface area contributed by atoms with E-state index in [-0.39, 0.29) is 0 Å². The smallest absolute Gasteiger partial charge is 0.0786 e. The Kier molecular flexibility index (Phi) is 10.1. The lowest BCUT2D eigenvalue weighted by atomic mass is 10.1. The maximum absolute atomic E-state index is 2.37. The van der Waals surface area contributed by atoms with Gasteiger partial charge in [-0.05, 0) is 39.5 Å². The molecule has 0 aromatic carbocycles. The van der Waals surface area contributed by atoms with E-state index in [2.05, 4.69) is 27.7 Å². The zero-order chi connectivity index (χ0) is 12.3. The second kappa shape index (κ2) is 10.1. The summed E-state index contributed by atoms with van der Waals surface area (Å²) in [5.41, 5.74) is 0. The van der Waals surface area contributed by atoms with Crippen LogP contribution in [0.2, 0.25) is 0 Å². The fourth-order valence-corrected chi connectivity index (χ4v) is 2.54. The molecule has 0 saturated heterocycles. The molecule has 0 rings (SSSR count). The average molecular weight is 228 g/mol. The van der Waals surface area contributed by atoms with Gasteiger partial charge in [0.25, 0.3) is 0 Å². The molecule has 0 N–H and O–H groups in total. The summed E-state index contributed by atoms with van der Waals surface area (Å²) in [6.45, 7) is 14.8. The van der Waals surface area contributed by atoms with Gasteiger partial charge in [-0.2, -0.15) is 0 Å². The van der Waals surface area contributed by atoms with Gasteiger partial charge in [0.05, 0.1) is 26.2 Å². The van der Waals surface area contributed by atoms with Gasteiger partial charge in [-0.1, -0.05) is 33.1 Å². The second-order valence-corrected chi connectivity index (χ2v) is 5.19. The Bertz CT molecular complexity index is 138. The highest BCUT2D eigenvalue weighted by atomic mass is 15.3. The molecule has 0 unspecified atom stereocenters. The molecule has 0 radical (unpaired) electrons. The molecule has 16 heavy (non-hydrogen) atoms. The first-order valence-electron chi connectivity index (χ1n) is 7.59. The van der Waals surface area contributed by atoms with Crippen LogP contribution >= 0.6 is 0 Å². The van der Waals surface area contributed by atoms with Crippen molar-refractivity contribution in [3.05, 3.63) is 0 Å². The lowest BCUT2D eigenvalue weighted by molar-refractivity contribution is -0.925. The Labute approximate surface area is 104 Å². The Morgan fingerprint density at radius 3 is 1.44 bits per heavy atom. The molecule has 0 bridgehead atoms. The van der Waals surface area contributed by atoms with E-state index < -0.39 is 0 Å². The van der Waals surface area contributed by atoms with Crippen molar-refractivity contribution in [2.24, 2.45) is 0 Å². The minimum absolute atomic E-state index is 1.33. The molecule has 0 aromatic rings. The van der Waals surface area contributed by atoms with Crippen molar-refractivity contribution in [3.63, 3.8) is 0 Å². The summed E-state index contributed by atoms with van der Waals surface area (Å²) in [6.07, 6.45) is 9.83. The van der Waals surface area contributed by atoms with Gasteiger partial charge in [0.2, 0.25) is 0 Å². The molecule has 1 heteroatoms. The van der Waals surface area contributed by atoms with E-state index in [9.17, 15) is 0 Å². The first-order chi connectivity index (χ1) is 7.74. The number of rotatable bonds is 11. The summed E-state index contributed by atoms with van der Waals surface area (Å²) < 4.78 is 1.36. The largest absolute Gasteiger partial charge is 0.324 e. The Balaban J connectivity index is 3.90. The molecule has 98 valence electrons. The third-order valence-electron chi connectivity index (χ3n) is 4.06. The highest BCUT2D eigenvalue weighted by Gasteiger charge is 2.21. The molecule has 1 nitrogen and oxygen atoms in total. The fraction of sp³-hybridized carbons (Fsp3) is 1.00. The highest BCUT2D eigenvalue weighted by Crippen LogP contribution is 2.13. The van der Waals surface area contributed by atoms with E-state index >= 15 is 0 Å². The highest BCUT2D eigenvalue weighted by molar-refractivity contribution is 4.46. The normalized spacial score (nSPS) is 12.0. The summed E-state index contributed by atoms with van der Waals surface area (Å²) in [4.78, 5) is 0. The number of hydrogen-bond donors (Lipinski definition) is 0. The van der Waals surface area contributed by atoms with Gasteiger partial charge in [0.1, 0.15) is 0 Å². The molecule has 0 amide bonds. The Hall–Kier alpha value is -0.0400. The van der Waals surface area contributed by atoms with Gasteiger partial charge in [0, 0.05) is 0 Å². The van der Waals surface area contributed by atoms with Crippen LogP contribution in [0.5, 0.6) is 0 Å². The van der Waals surface area contributed by atoms with E-state index in [0.717, 1.165) is 0 Å². The van der Waals surface area contributed by atoms with Crippen LogP contribution in [-0.4, -0.2) is 30.7 Å². The van der Waals surface area contributed by atoms with E-state index in [0.29, 0.717) is 0 Å². The topological polar surface area (TPSA) is 0 Å². The lowest BCUT2D eigenvalue weighted by Crippen LogP contribution is -2.49. The monoisotopic (exact) mass is 228 g/mol. The summed E-state index contributed by atoms with van der Waals surface area (Å²) in [5, 5.41) is 0. The van der Waals surface area contributed by atoms with Gasteiger partial charge in [-0.3, -0.25) is 0 Å². The number of quaternary nitrogens is 1.